The molecular formula is C41H25N3. The zero-order valence-corrected chi connectivity index (χ0v) is 23.8. The van der Waals surface area contributed by atoms with Gasteiger partial charge >= 0.3 is 0 Å². The van der Waals surface area contributed by atoms with Crippen molar-refractivity contribution in [1.82, 2.24) is 9.55 Å². The number of hydrogen-bond acceptors (Lipinski definition) is 2. The van der Waals surface area contributed by atoms with Gasteiger partial charge in [0.25, 0.3) is 0 Å². The van der Waals surface area contributed by atoms with Gasteiger partial charge in [0.15, 0.2) is 0 Å². The Labute approximate surface area is 253 Å². The zero-order chi connectivity index (χ0) is 28.8. The summed E-state index contributed by atoms with van der Waals surface area (Å²) in [4.78, 5) is 7.70. The molecule has 204 valence electrons. The van der Waals surface area contributed by atoms with Crippen LogP contribution in [0.5, 0.6) is 0 Å². The van der Waals surface area contributed by atoms with E-state index >= 15 is 0 Å². The lowest BCUT2D eigenvalue weighted by molar-refractivity contribution is 1.05. The number of aromatic nitrogens is 2. The number of rotatable bonds is 1. The van der Waals surface area contributed by atoms with Crippen LogP contribution in [0, 0.1) is 0 Å². The fourth-order valence-electron chi connectivity index (χ4n) is 7.32. The summed E-state index contributed by atoms with van der Waals surface area (Å²) < 4.78 is 2.33. The van der Waals surface area contributed by atoms with Gasteiger partial charge in [-0.15, -0.1) is 0 Å². The average molecular weight is 560 g/mol. The monoisotopic (exact) mass is 559 g/mol. The van der Waals surface area contributed by atoms with Crippen LogP contribution in [-0.2, 0) is 0 Å². The molecule has 3 nitrogen and oxygen atoms in total. The first-order valence-electron chi connectivity index (χ1n) is 15.1. The predicted octanol–water partition coefficient (Wildman–Crippen LogP) is 11.1. The van der Waals surface area contributed by atoms with Gasteiger partial charge in [-0.2, -0.15) is 0 Å². The summed E-state index contributed by atoms with van der Waals surface area (Å²) in [5.41, 5.74) is 7.79. The smallest absolute Gasteiger partial charge is 0.220 e. The van der Waals surface area contributed by atoms with Crippen molar-refractivity contribution in [2.45, 2.75) is 0 Å². The minimum atomic E-state index is 0.886. The maximum absolute atomic E-state index is 5.33. The van der Waals surface area contributed by atoms with E-state index in [0.29, 0.717) is 0 Å². The van der Waals surface area contributed by atoms with Crippen LogP contribution >= 0.6 is 0 Å². The summed E-state index contributed by atoms with van der Waals surface area (Å²) in [6, 6.07) is 55.0. The van der Waals surface area contributed by atoms with Crippen molar-refractivity contribution in [3.8, 4) is 16.8 Å². The topological polar surface area (TPSA) is 21.1 Å². The van der Waals surface area contributed by atoms with Crippen molar-refractivity contribution in [3.63, 3.8) is 0 Å². The van der Waals surface area contributed by atoms with Crippen molar-refractivity contribution in [3.05, 3.63) is 152 Å². The molecule has 0 saturated carbocycles. The van der Waals surface area contributed by atoms with E-state index in [1.54, 1.807) is 0 Å². The van der Waals surface area contributed by atoms with Gasteiger partial charge in [0.1, 0.15) is 0 Å². The van der Waals surface area contributed by atoms with Crippen LogP contribution in [0.15, 0.2) is 152 Å². The lowest BCUT2D eigenvalue weighted by atomic mass is 9.93. The maximum atomic E-state index is 5.33. The first-order chi connectivity index (χ1) is 21.8. The molecule has 44 heavy (non-hydrogen) atoms. The number of nitrogens with zero attached hydrogens (tertiary/aromatic N) is 3. The molecule has 2 heterocycles. The van der Waals surface area contributed by atoms with Gasteiger partial charge in [-0.05, 0) is 85.6 Å². The molecule has 0 saturated heterocycles. The highest BCUT2D eigenvalue weighted by Crippen LogP contribution is 2.49. The van der Waals surface area contributed by atoms with E-state index in [2.05, 4.69) is 161 Å². The Kier molecular flexibility index (Phi) is 4.72. The standard InChI is InChI=1S/C41H25N3/c1-2-12-27-24-40-36(23-26(27)11-1)34-17-7-9-19-38(34)44-39-20-10-8-18-37(39)42-41(44)43(40)28-21-22-33-31-15-4-3-13-29(31)30-14-5-6-16-32(30)35(33)25-28/h1-25H. The SMILES string of the molecule is c1ccc2c(c1)-c1cc3ccccc3cc1N(c1ccc3c4ccccc4c4ccccc4c3c1)c1nc3ccccc3n1-2. The minimum Gasteiger partial charge on any atom is -0.280 e. The largest absolute Gasteiger partial charge is 0.280 e. The lowest BCUT2D eigenvalue weighted by Gasteiger charge is -2.26. The van der Waals surface area contributed by atoms with Crippen LogP contribution in [0.1, 0.15) is 0 Å². The molecule has 1 aliphatic rings. The number of para-hydroxylation sites is 3. The number of fused-ring (bicyclic) bond motifs is 14. The lowest BCUT2D eigenvalue weighted by Crippen LogP contribution is -2.14. The third kappa shape index (κ3) is 3.18. The molecular weight excluding hydrogens is 534 g/mol. The van der Waals surface area contributed by atoms with E-state index < -0.39 is 0 Å². The van der Waals surface area contributed by atoms with Gasteiger partial charge in [-0.25, -0.2) is 4.98 Å². The summed E-state index contributed by atoms with van der Waals surface area (Å²) in [7, 11) is 0. The molecule has 0 spiro atoms. The molecule has 0 radical (unpaired) electrons. The summed E-state index contributed by atoms with van der Waals surface area (Å²) in [6.45, 7) is 0. The molecule has 0 amide bonds. The van der Waals surface area contributed by atoms with Crippen LogP contribution in [0.4, 0.5) is 17.3 Å². The van der Waals surface area contributed by atoms with Crippen molar-refractivity contribution >= 4 is 71.4 Å². The molecule has 3 heteroatoms. The van der Waals surface area contributed by atoms with Crippen molar-refractivity contribution in [2.75, 3.05) is 4.90 Å². The normalized spacial score (nSPS) is 12.5. The maximum Gasteiger partial charge on any atom is 0.220 e. The number of hydrogen-bond donors (Lipinski definition) is 0. The van der Waals surface area contributed by atoms with Crippen molar-refractivity contribution in [1.29, 1.82) is 0 Å². The summed E-state index contributed by atoms with van der Waals surface area (Å²) in [6.07, 6.45) is 0. The Balaban J connectivity index is 1.37. The van der Waals surface area contributed by atoms with E-state index in [1.165, 1.54) is 54.2 Å². The Morgan fingerprint density at radius 2 is 1.00 bits per heavy atom. The van der Waals surface area contributed by atoms with Crippen LogP contribution in [0.2, 0.25) is 0 Å². The molecule has 0 unspecified atom stereocenters. The van der Waals surface area contributed by atoms with Crippen LogP contribution in [0.25, 0.3) is 70.9 Å². The third-order valence-electron chi connectivity index (χ3n) is 9.27. The Hall–Kier alpha value is -5.93. The summed E-state index contributed by atoms with van der Waals surface area (Å²) in [5.74, 6) is 0.886. The van der Waals surface area contributed by atoms with Gasteiger partial charge in [0.05, 0.1) is 22.4 Å². The van der Waals surface area contributed by atoms with Crippen LogP contribution < -0.4 is 4.90 Å². The van der Waals surface area contributed by atoms with Gasteiger partial charge in [-0.3, -0.25) is 9.47 Å². The highest BCUT2D eigenvalue weighted by molar-refractivity contribution is 6.26. The second-order valence-electron chi connectivity index (χ2n) is 11.6. The second kappa shape index (κ2) is 8.79. The van der Waals surface area contributed by atoms with Crippen molar-refractivity contribution in [2.24, 2.45) is 0 Å². The summed E-state index contributed by atoms with van der Waals surface area (Å²) in [5, 5.41) is 10.0. The fourth-order valence-corrected chi connectivity index (χ4v) is 7.32. The third-order valence-corrected chi connectivity index (χ3v) is 9.27. The van der Waals surface area contributed by atoms with E-state index in [9.17, 15) is 0 Å². The van der Waals surface area contributed by atoms with E-state index in [4.69, 9.17) is 4.98 Å². The molecule has 8 aromatic carbocycles. The molecule has 0 atom stereocenters. The molecule has 0 aliphatic carbocycles. The molecule has 0 fully saturated rings. The first-order valence-corrected chi connectivity index (χ1v) is 15.1. The van der Waals surface area contributed by atoms with Gasteiger partial charge in [-0.1, -0.05) is 109 Å². The highest BCUT2D eigenvalue weighted by Gasteiger charge is 2.29. The number of imidazole rings is 1. The zero-order valence-electron chi connectivity index (χ0n) is 23.8. The van der Waals surface area contributed by atoms with E-state index in [0.717, 1.165) is 34.0 Å². The summed E-state index contributed by atoms with van der Waals surface area (Å²) >= 11 is 0. The fraction of sp³-hybridized carbons (Fsp3) is 0. The van der Waals surface area contributed by atoms with Crippen LogP contribution in [-0.4, -0.2) is 9.55 Å². The second-order valence-corrected chi connectivity index (χ2v) is 11.6. The number of benzene rings is 8. The van der Waals surface area contributed by atoms with E-state index in [-0.39, 0.29) is 0 Å². The molecule has 9 aromatic rings. The molecule has 1 aromatic heterocycles. The van der Waals surface area contributed by atoms with Gasteiger partial charge in [0.2, 0.25) is 5.95 Å². The Bertz CT molecular complexity index is 2590. The van der Waals surface area contributed by atoms with Crippen molar-refractivity contribution < 1.29 is 0 Å². The van der Waals surface area contributed by atoms with Gasteiger partial charge < -0.3 is 0 Å². The Morgan fingerprint density at radius 3 is 1.77 bits per heavy atom. The minimum absolute atomic E-state index is 0.886. The molecule has 1 aliphatic heterocycles. The highest BCUT2D eigenvalue weighted by atomic mass is 15.3. The average Bonchev–Trinajstić information content (AvgIpc) is 3.42. The molecule has 0 bridgehead atoms. The Morgan fingerprint density at radius 1 is 0.409 bits per heavy atom. The molecule has 0 N–H and O–H groups in total. The van der Waals surface area contributed by atoms with Gasteiger partial charge in [0, 0.05) is 16.8 Å². The quantitative estimate of drug-likeness (QED) is 0.187. The number of anilines is 3. The predicted molar refractivity (Wildman–Crippen MR) is 185 cm³/mol. The van der Waals surface area contributed by atoms with E-state index in [1.807, 2.05) is 0 Å². The van der Waals surface area contributed by atoms with Crippen LogP contribution in [0.3, 0.4) is 0 Å². The first kappa shape index (κ1) is 23.6. The molecule has 10 rings (SSSR count).